The Morgan fingerprint density at radius 2 is 1.79 bits per heavy atom. The van der Waals surface area contributed by atoms with Gasteiger partial charge in [-0.2, -0.15) is 0 Å². The predicted octanol–water partition coefficient (Wildman–Crippen LogP) is 5.16. The molecule has 0 atom stereocenters. The van der Waals surface area contributed by atoms with Gasteiger partial charge in [0.25, 0.3) is 5.69 Å². The molecule has 10 nitrogen and oxygen atoms in total. The Morgan fingerprint density at radius 3 is 2.43 bits per heavy atom. The molecule has 224 valence electrons. The van der Waals surface area contributed by atoms with Crippen LogP contribution in [0.3, 0.4) is 0 Å². The van der Waals surface area contributed by atoms with Crippen LogP contribution >= 0.6 is 0 Å². The van der Waals surface area contributed by atoms with E-state index in [9.17, 15) is 19.7 Å². The fourth-order valence-corrected chi connectivity index (χ4v) is 4.47. The van der Waals surface area contributed by atoms with Crippen molar-refractivity contribution in [1.29, 1.82) is 0 Å². The van der Waals surface area contributed by atoms with Gasteiger partial charge in [-0.15, -0.1) is 0 Å². The fourth-order valence-electron chi connectivity index (χ4n) is 4.47. The lowest BCUT2D eigenvalue weighted by Crippen LogP contribution is -2.50. The van der Waals surface area contributed by atoms with Crippen molar-refractivity contribution in [3.05, 3.63) is 99.9 Å². The Morgan fingerprint density at radius 1 is 1.05 bits per heavy atom. The van der Waals surface area contributed by atoms with E-state index >= 15 is 0 Å². The van der Waals surface area contributed by atoms with Crippen molar-refractivity contribution >= 4 is 23.6 Å². The molecule has 0 saturated carbocycles. The monoisotopic (exact) mass is 576 g/mol. The minimum Gasteiger partial charge on any atom is -0.497 e. The summed E-state index contributed by atoms with van der Waals surface area (Å²) in [6, 6.07) is 17.8. The fraction of sp³-hybridized carbons (Fsp3) is 0.375. The lowest BCUT2D eigenvalue weighted by atomic mass is 10.1. The highest BCUT2D eigenvalue weighted by Crippen LogP contribution is 2.21. The highest BCUT2D eigenvalue weighted by Gasteiger charge is 2.29. The summed E-state index contributed by atoms with van der Waals surface area (Å²) in [6.45, 7) is 7.63. The van der Waals surface area contributed by atoms with E-state index in [4.69, 9.17) is 9.47 Å². The molecule has 3 aromatic rings. The molecule has 0 N–H and O–H groups in total. The van der Waals surface area contributed by atoms with E-state index in [1.54, 1.807) is 37.3 Å². The molecule has 10 heteroatoms. The van der Waals surface area contributed by atoms with E-state index < -0.39 is 10.5 Å². The zero-order valence-electron chi connectivity index (χ0n) is 25.0. The zero-order chi connectivity index (χ0) is 30.7. The zero-order valence-corrected chi connectivity index (χ0v) is 25.0. The maximum atomic E-state index is 13.8. The first kappa shape index (κ1) is 32.1. The Bertz CT molecular complexity index is 1370. The Hall–Kier alpha value is -4.44. The number of rotatable bonds is 14. The average molecular weight is 577 g/mol. The first-order chi connectivity index (χ1) is 20.0. The average Bonchev–Trinajstić information content (AvgIpc) is 3.40. The third-order valence-electron chi connectivity index (χ3n) is 6.78. The van der Waals surface area contributed by atoms with Gasteiger partial charge < -0.3 is 23.8 Å². The standard InChI is InChI=1S/C32H40N4O6/c1-32(2,3)35(23-28-10-7-18-33(28)22-26-9-6-11-29(21-26)42-5)31(38)24-34(19-8-20-41-4)30(37)17-14-25-12-15-27(16-13-25)36(39)40/h6-7,9-18,21H,8,19-20,22-24H2,1-5H3/b17-14+. The molecule has 2 amide bonds. The molecular weight excluding hydrogens is 536 g/mol. The number of amides is 2. The lowest BCUT2D eigenvalue weighted by molar-refractivity contribution is -0.384. The Balaban J connectivity index is 1.77. The number of non-ortho nitro benzene ring substituents is 1. The van der Waals surface area contributed by atoms with Crippen LogP contribution in [0.1, 0.15) is 44.0 Å². The van der Waals surface area contributed by atoms with Crippen molar-refractivity contribution < 1.29 is 24.0 Å². The summed E-state index contributed by atoms with van der Waals surface area (Å²) in [4.78, 5) is 40.8. The third-order valence-corrected chi connectivity index (χ3v) is 6.78. The number of methoxy groups -OCH3 is 2. The molecule has 0 unspecified atom stereocenters. The molecule has 0 saturated heterocycles. The van der Waals surface area contributed by atoms with Gasteiger partial charge in [-0.25, -0.2) is 0 Å². The van der Waals surface area contributed by atoms with Gasteiger partial charge in [0.1, 0.15) is 12.3 Å². The molecule has 2 aromatic carbocycles. The van der Waals surface area contributed by atoms with Crippen molar-refractivity contribution in [2.45, 2.75) is 45.8 Å². The van der Waals surface area contributed by atoms with Crippen LogP contribution in [-0.2, 0) is 27.4 Å². The number of benzene rings is 2. The SMILES string of the molecule is COCCCN(CC(=O)N(Cc1cccn1Cc1cccc(OC)c1)C(C)(C)C)C(=O)/C=C/c1ccc([N+](=O)[O-])cc1. The smallest absolute Gasteiger partial charge is 0.269 e. The third kappa shape index (κ3) is 9.31. The Kier molecular flexibility index (Phi) is 11.4. The number of hydrogen-bond acceptors (Lipinski definition) is 6. The maximum absolute atomic E-state index is 13.8. The first-order valence-electron chi connectivity index (χ1n) is 13.8. The first-order valence-corrected chi connectivity index (χ1v) is 13.8. The van der Waals surface area contributed by atoms with Crippen molar-refractivity contribution in [3.8, 4) is 5.75 Å². The predicted molar refractivity (Wildman–Crippen MR) is 162 cm³/mol. The summed E-state index contributed by atoms with van der Waals surface area (Å²) in [5.74, 6) is 0.285. The molecule has 0 fully saturated rings. The topological polar surface area (TPSA) is 107 Å². The van der Waals surface area contributed by atoms with Crippen LogP contribution in [0.4, 0.5) is 5.69 Å². The molecule has 0 bridgehead atoms. The summed E-state index contributed by atoms with van der Waals surface area (Å²) in [7, 11) is 3.23. The van der Waals surface area contributed by atoms with Crippen molar-refractivity contribution in [1.82, 2.24) is 14.4 Å². The minimum atomic E-state index is -0.502. The minimum absolute atomic E-state index is 0.0258. The maximum Gasteiger partial charge on any atom is 0.269 e. The van der Waals surface area contributed by atoms with E-state index in [1.807, 2.05) is 63.4 Å². The molecule has 1 aromatic heterocycles. The van der Waals surface area contributed by atoms with E-state index in [0.29, 0.717) is 38.2 Å². The highest BCUT2D eigenvalue weighted by atomic mass is 16.6. The van der Waals surface area contributed by atoms with Crippen LogP contribution in [0.5, 0.6) is 5.75 Å². The second-order valence-electron chi connectivity index (χ2n) is 10.9. The quantitative estimate of drug-likeness (QED) is 0.114. The number of nitro groups is 1. The molecule has 0 spiro atoms. The van der Waals surface area contributed by atoms with Crippen molar-refractivity contribution in [2.24, 2.45) is 0 Å². The summed E-state index contributed by atoms with van der Waals surface area (Å²) in [5, 5.41) is 10.9. The van der Waals surface area contributed by atoms with Gasteiger partial charge in [0, 0.05) is 62.4 Å². The number of ether oxygens (including phenoxy) is 2. The normalized spacial score (nSPS) is 11.5. The summed E-state index contributed by atoms with van der Waals surface area (Å²) >= 11 is 0. The number of nitrogens with zero attached hydrogens (tertiary/aromatic N) is 4. The number of aromatic nitrogens is 1. The largest absolute Gasteiger partial charge is 0.497 e. The van der Waals surface area contributed by atoms with Crippen LogP contribution in [0.15, 0.2) is 72.9 Å². The van der Waals surface area contributed by atoms with Gasteiger partial charge in [-0.3, -0.25) is 19.7 Å². The van der Waals surface area contributed by atoms with Crippen LogP contribution in [0.2, 0.25) is 0 Å². The van der Waals surface area contributed by atoms with Crippen LogP contribution < -0.4 is 4.74 Å². The molecule has 0 aliphatic heterocycles. The number of hydrogen-bond donors (Lipinski definition) is 0. The summed E-state index contributed by atoms with van der Waals surface area (Å²) in [5.41, 5.74) is 2.16. The van der Waals surface area contributed by atoms with Gasteiger partial charge in [-0.1, -0.05) is 12.1 Å². The summed E-state index contributed by atoms with van der Waals surface area (Å²) < 4.78 is 12.6. The second-order valence-corrected chi connectivity index (χ2v) is 10.9. The Labute approximate surface area is 247 Å². The van der Waals surface area contributed by atoms with Gasteiger partial charge in [0.15, 0.2) is 0 Å². The van der Waals surface area contributed by atoms with E-state index in [-0.39, 0.29) is 24.0 Å². The molecule has 0 aliphatic carbocycles. The molecule has 3 rings (SSSR count). The number of carbonyl (C=O) groups excluding carboxylic acids is 2. The molecule has 42 heavy (non-hydrogen) atoms. The lowest BCUT2D eigenvalue weighted by Gasteiger charge is -2.37. The van der Waals surface area contributed by atoms with Gasteiger partial charge >= 0.3 is 0 Å². The molecule has 0 radical (unpaired) electrons. The van der Waals surface area contributed by atoms with E-state index in [1.165, 1.54) is 23.1 Å². The van der Waals surface area contributed by atoms with Crippen molar-refractivity contribution in [3.63, 3.8) is 0 Å². The van der Waals surface area contributed by atoms with E-state index in [2.05, 4.69) is 4.57 Å². The number of carbonyl (C=O) groups is 2. The number of nitro benzene ring substituents is 1. The van der Waals surface area contributed by atoms with Crippen LogP contribution in [-0.4, -0.2) is 70.6 Å². The molecule has 0 aliphatic rings. The van der Waals surface area contributed by atoms with Crippen LogP contribution in [0.25, 0.3) is 6.08 Å². The molecular formula is C32H40N4O6. The van der Waals surface area contributed by atoms with E-state index in [0.717, 1.165) is 17.0 Å². The van der Waals surface area contributed by atoms with Crippen molar-refractivity contribution in [2.75, 3.05) is 33.9 Å². The highest BCUT2D eigenvalue weighted by molar-refractivity contribution is 5.94. The van der Waals surface area contributed by atoms with Gasteiger partial charge in [0.05, 0.1) is 18.6 Å². The summed E-state index contributed by atoms with van der Waals surface area (Å²) in [6.07, 6.45) is 5.54. The van der Waals surface area contributed by atoms with Gasteiger partial charge in [0.2, 0.25) is 11.8 Å². The van der Waals surface area contributed by atoms with Crippen LogP contribution in [0, 0.1) is 10.1 Å². The second kappa shape index (κ2) is 15.0. The van der Waals surface area contributed by atoms with Gasteiger partial charge in [-0.05, 0) is 80.8 Å². The molecule has 1 heterocycles.